The summed E-state index contributed by atoms with van der Waals surface area (Å²) < 4.78 is 0. The van der Waals surface area contributed by atoms with Crippen molar-refractivity contribution in [1.29, 1.82) is 0 Å². The van der Waals surface area contributed by atoms with Gasteiger partial charge in [0.15, 0.2) is 0 Å². The quantitative estimate of drug-likeness (QED) is 0.622. The Morgan fingerprint density at radius 3 is 2.40 bits per heavy atom. The van der Waals surface area contributed by atoms with E-state index in [-0.39, 0.29) is 19.5 Å². The molecule has 0 bridgehead atoms. The molecule has 0 spiro atoms. The van der Waals surface area contributed by atoms with Crippen LogP contribution < -0.4 is 5.73 Å². The predicted molar refractivity (Wildman–Crippen MR) is 38.1 cm³/mol. The SMILES string of the molecule is Cc1ccnc(N)c1C.[Zn+2]. The van der Waals surface area contributed by atoms with Crippen LogP contribution in [0.5, 0.6) is 0 Å². The van der Waals surface area contributed by atoms with Crippen molar-refractivity contribution >= 4 is 5.82 Å². The van der Waals surface area contributed by atoms with Crippen LogP contribution in [-0.4, -0.2) is 4.98 Å². The number of hydrogen-bond acceptors (Lipinski definition) is 2. The molecule has 0 aromatic carbocycles. The van der Waals surface area contributed by atoms with Gasteiger partial charge in [0.1, 0.15) is 5.82 Å². The van der Waals surface area contributed by atoms with Gasteiger partial charge >= 0.3 is 19.5 Å². The van der Waals surface area contributed by atoms with Crippen molar-refractivity contribution < 1.29 is 19.5 Å². The van der Waals surface area contributed by atoms with Crippen LogP contribution in [0.4, 0.5) is 5.82 Å². The van der Waals surface area contributed by atoms with Crippen LogP contribution in [0.25, 0.3) is 0 Å². The molecule has 0 amide bonds. The number of anilines is 1. The average Bonchev–Trinajstić information content (AvgIpc) is 1.83. The summed E-state index contributed by atoms with van der Waals surface area (Å²) in [5.41, 5.74) is 7.79. The van der Waals surface area contributed by atoms with E-state index in [9.17, 15) is 0 Å². The Morgan fingerprint density at radius 1 is 1.40 bits per heavy atom. The predicted octanol–water partition coefficient (Wildman–Crippen LogP) is 1.28. The van der Waals surface area contributed by atoms with E-state index in [2.05, 4.69) is 4.98 Å². The van der Waals surface area contributed by atoms with E-state index in [4.69, 9.17) is 5.73 Å². The van der Waals surface area contributed by atoms with Crippen LogP contribution in [0.2, 0.25) is 0 Å². The van der Waals surface area contributed by atoms with Gasteiger partial charge in [0.2, 0.25) is 0 Å². The molecule has 1 heterocycles. The van der Waals surface area contributed by atoms with Crippen molar-refractivity contribution in [2.75, 3.05) is 5.73 Å². The molecule has 3 heteroatoms. The molecule has 0 unspecified atom stereocenters. The summed E-state index contributed by atoms with van der Waals surface area (Å²) in [4.78, 5) is 3.92. The van der Waals surface area contributed by atoms with Crippen molar-refractivity contribution in [2.45, 2.75) is 13.8 Å². The smallest absolute Gasteiger partial charge is 0.383 e. The van der Waals surface area contributed by atoms with Gasteiger partial charge < -0.3 is 5.73 Å². The fourth-order valence-electron chi connectivity index (χ4n) is 0.653. The van der Waals surface area contributed by atoms with Gasteiger partial charge in [-0.3, -0.25) is 0 Å². The van der Waals surface area contributed by atoms with Crippen molar-refractivity contribution in [3.05, 3.63) is 23.4 Å². The molecule has 0 atom stereocenters. The summed E-state index contributed by atoms with van der Waals surface area (Å²) in [6, 6.07) is 1.95. The molecule has 0 saturated carbocycles. The minimum absolute atomic E-state index is 0. The third-order valence-corrected chi connectivity index (χ3v) is 1.51. The van der Waals surface area contributed by atoms with E-state index in [1.807, 2.05) is 19.9 Å². The van der Waals surface area contributed by atoms with Gasteiger partial charge in [0.25, 0.3) is 0 Å². The first-order valence-corrected chi connectivity index (χ1v) is 2.89. The Morgan fingerprint density at radius 2 is 2.00 bits per heavy atom. The Hall–Kier alpha value is -0.427. The van der Waals surface area contributed by atoms with Crippen molar-refractivity contribution in [1.82, 2.24) is 4.98 Å². The molecule has 2 N–H and O–H groups in total. The van der Waals surface area contributed by atoms with Gasteiger partial charge in [-0.1, -0.05) is 0 Å². The molecule has 48 valence electrons. The summed E-state index contributed by atoms with van der Waals surface area (Å²) in [6.07, 6.45) is 1.72. The van der Waals surface area contributed by atoms with Crippen LogP contribution in [0, 0.1) is 13.8 Å². The number of aromatic nitrogens is 1. The molecule has 0 aliphatic carbocycles. The van der Waals surface area contributed by atoms with Gasteiger partial charge in [0.05, 0.1) is 0 Å². The third-order valence-electron chi connectivity index (χ3n) is 1.51. The maximum atomic E-state index is 5.51. The monoisotopic (exact) mass is 186 g/mol. The summed E-state index contributed by atoms with van der Waals surface area (Å²) in [5, 5.41) is 0. The first kappa shape index (κ1) is 9.57. The summed E-state index contributed by atoms with van der Waals surface area (Å²) in [6.45, 7) is 3.99. The Balaban J connectivity index is 0.000000810. The molecule has 0 fully saturated rings. The molecular weight excluding hydrogens is 177 g/mol. The number of pyridine rings is 1. The fourth-order valence-corrected chi connectivity index (χ4v) is 0.653. The summed E-state index contributed by atoms with van der Waals surface area (Å²) in [7, 11) is 0. The summed E-state index contributed by atoms with van der Waals surface area (Å²) in [5.74, 6) is 0.634. The first-order valence-electron chi connectivity index (χ1n) is 2.89. The molecule has 2 nitrogen and oxygen atoms in total. The molecule has 1 aromatic rings. The van der Waals surface area contributed by atoms with E-state index in [1.165, 1.54) is 5.56 Å². The van der Waals surface area contributed by atoms with E-state index >= 15 is 0 Å². The number of nitrogens with two attached hydrogens (primary N) is 1. The van der Waals surface area contributed by atoms with Crippen LogP contribution in [0.3, 0.4) is 0 Å². The number of rotatable bonds is 0. The van der Waals surface area contributed by atoms with Crippen LogP contribution in [-0.2, 0) is 19.5 Å². The van der Waals surface area contributed by atoms with Crippen molar-refractivity contribution in [3.8, 4) is 0 Å². The maximum Gasteiger partial charge on any atom is 2.00 e. The standard InChI is InChI=1S/C7H10N2.Zn/c1-5-3-4-9-7(8)6(5)2;/h3-4H,1-2H3,(H2,8,9);/q;+2. The second kappa shape index (κ2) is 3.67. The van der Waals surface area contributed by atoms with Crippen LogP contribution >= 0.6 is 0 Å². The van der Waals surface area contributed by atoms with Crippen molar-refractivity contribution in [2.24, 2.45) is 0 Å². The number of nitrogen functional groups attached to an aromatic ring is 1. The maximum absolute atomic E-state index is 5.51. The zero-order chi connectivity index (χ0) is 6.85. The van der Waals surface area contributed by atoms with E-state index in [0.717, 1.165) is 5.56 Å². The number of nitrogens with zero attached hydrogens (tertiary/aromatic N) is 1. The zero-order valence-electron chi connectivity index (χ0n) is 6.39. The van der Waals surface area contributed by atoms with E-state index in [0.29, 0.717) is 5.82 Å². The molecule has 1 rings (SSSR count). The largest absolute Gasteiger partial charge is 2.00 e. The van der Waals surface area contributed by atoms with Gasteiger partial charge in [-0.15, -0.1) is 0 Å². The molecule has 1 aromatic heterocycles. The molecule has 10 heavy (non-hydrogen) atoms. The average molecular weight is 188 g/mol. The minimum atomic E-state index is 0. The Labute approximate surface area is 73.6 Å². The number of hydrogen-bond donors (Lipinski definition) is 1. The summed E-state index contributed by atoms with van der Waals surface area (Å²) >= 11 is 0. The van der Waals surface area contributed by atoms with Crippen LogP contribution in [0.15, 0.2) is 12.3 Å². The Bertz CT molecular complexity index is 203. The molecule has 0 radical (unpaired) electrons. The van der Waals surface area contributed by atoms with Gasteiger partial charge in [-0.05, 0) is 31.0 Å². The minimum Gasteiger partial charge on any atom is -0.383 e. The molecular formula is C7H10N2Zn+2. The number of aryl methyl sites for hydroxylation is 1. The fraction of sp³-hybridized carbons (Fsp3) is 0.286. The second-order valence-corrected chi connectivity index (χ2v) is 2.14. The molecule has 0 aliphatic heterocycles. The van der Waals surface area contributed by atoms with Gasteiger partial charge in [0, 0.05) is 6.20 Å². The van der Waals surface area contributed by atoms with E-state index in [1.54, 1.807) is 6.20 Å². The normalized spacial score (nSPS) is 8.60. The van der Waals surface area contributed by atoms with E-state index < -0.39 is 0 Å². The van der Waals surface area contributed by atoms with Gasteiger partial charge in [-0.2, -0.15) is 0 Å². The zero-order valence-corrected chi connectivity index (χ0v) is 9.35. The third kappa shape index (κ3) is 1.78. The van der Waals surface area contributed by atoms with Crippen molar-refractivity contribution in [3.63, 3.8) is 0 Å². The molecule has 0 saturated heterocycles. The topological polar surface area (TPSA) is 38.9 Å². The Kier molecular flexibility index (Phi) is 3.51. The van der Waals surface area contributed by atoms with Gasteiger partial charge in [-0.25, -0.2) is 4.98 Å². The second-order valence-electron chi connectivity index (χ2n) is 2.14. The van der Waals surface area contributed by atoms with Crippen LogP contribution in [0.1, 0.15) is 11.1 Å². The molecule has 0 aliphatic rings. The first-order chi connectivity index (χ1) is 4.22.